The molecule has 2 amide bonds. The van der Waals surface area contributed by atoms with Crippen molar-refractivity contribution in [3.63, 3.8) is 0 Å². The Morgan fingerprint density at radius 1 is 1.67 bits per heavy atom. The van der Waals surface area contributed by atoms with Gasteiger partial charge in [-0.3, -0.25) is 14.4 Å². The highest BCUT2D eigenvalue weighted by molar-refractivity contribution is 8.14. The first-order chi connectivity index (χ1) is 7.00. The number of carbonyl (C=O) groups is 3. The fourth-order valence-electron chi connectivity index (χ4n) is 1.16. The summed E-state index contributed by atoms with van der Waals surface area (Å²) in [6, 6.07) is -0.513. The molecule has 6 nitrogen and oxygen atoms in total. The van der Waals surface area contributed by atoms with E-state index in [0.717, 1.165) is 11.8 Å². The molecule has 0 aliphatic carbocycles. The predicted octanol–water partition coefficient (Wildman–Crippen LogP) is -0.256. The van der Waals surface area contributed by atoms with Crippen molar-refractivity contribution in [2.24, 2.45) is 0 Å². The summed E-state index contributed by atoms with van der Waals surface area (Å²) in [5, 5.41) is 10.7. The number of nitrogens with zero attached hydrogens (tertiary/aromatic N) is 1. The zero-order chi connectivity index (χ0) is 11.4. The maximum absolute atomic E-state index is 11.6. The van der Waals surface area contributed by atoms with E-state index >= 15 is 0 Å². The predicted molar refractivity (Wildman–Crippen MR) is 54.7 cm³/mol. The molecule has 0 unspecified atom stereocenters. The highest BCUT2D eigenvalue weighted by Gasteiger charge is 2.30. The summed E-state index contributed by atoms with van der Waals surface area (Å²) >= 11 is 1.06. The SMILES string of the molecule is CN(CCC(=O)O)C(=O)[C@@H]1CSC(=O)N1. The third-order valence-corrected chi connectivity index (χ3v) is 2.89. The standard InChI is InChI=1S/C8H12N2O4S/c1-10(3-2-6(11)12)7(13)5-4-15-8(14)9-5/h5H,2-4H2,1H3,(H,9,14)(H,11,12)/t5-/m0/s1. The van der Waals surface area contributed by atoms with E-state index in [2.05, 4.69) is 5.32 Å². The Morgan fingerprint density at radius 2 is 2.33 bits per heavy atom. The van der Waals surface area contributed by atoms with Crippen molar-refractivity contribution in [3.8, 4) is 0 Å². The molecule has 0 saturated carbocycles. The van der Waals surface area contributed by atoms with Crippen LogP contribution in [0.25, 0.3) is 0 Å². The second kappa shape index (κ2) is 5.01. The lowest BCUT2D eigenvalue weighted by atomic mass is 10.3. The molecule has 1 aliphatic rings. The quantitative estimate of drug-likeness (QED) is 0.697. The average Bonchev–Trinajstić information content (AvgIpc) is 2.60. The number of carboxylic acids is 1. The Hall–Kier alpha value is -1.24. The van der Waals surface area contributed by atoms with Crippen molar-refractivity contribution in [1.29, 1.82) is 0 Å². The molecule has 1 rings (SSSR count). The molecule has 1 aliphatic heterocycles. The van der Waals surface area contributed by atoms with Gasteiger partial charge in [0, 0.05) is 19.3 Å². The van der Waals surface area contributed by atoms with Crippen LogP contribution in [0.2, 0.25) is 0 Å². The van der Waals surface area contributed by atoms with Crippen molar-refractivity contribution >= 4 is 28.9 Å². The second-order valence-corrected chi connectivity index (χ2v) is 4.19. The second-order valence-electron chi connectivity index (χ2n) is 3.20. The van der Waals surface area contributed by atoms with Crippen LogP contribution in [0, 0.1) is 0 Å². The van der Waals surface area contributed by atoms with Gasteiger partial charge in [-0.2, -0.15) is 0 Å². The molecule has 2 N–H and O–H groups in total. The molecule has 0 radical (unpaired) electrons. The van der Waals surface area contributed by atoms with Gasteiger partial charge < -0.3 is 15.3 Å². The van der Waals surface area contributed by atoms with E-state index in [-0.39, 0.29) is 24.1 Å². The number of hydrogen-bond donors (Lipinski definition) is 2. The zero-order valence-electron chi connectivity index (χ0n) is 8.23. The summed E-state index contributed by atoms with van der Waals surface area (Å²) in [4.78, 5) is 34.1. The maximum Gasteiger partial charge on any atom is 0.305 e. The van der Waals surface area contributed by atoms with Crippen LogP contribution in [0.4, 0.5) is 4.79 Å². The van der Waals surface area contributed by atoms with Crippen LogP contribution in [-0.4, -0.2) is 52.5 Å². The topological polar surface area (TPSA) is 86.7 Å². The first kappa shape index (κ1) is 11.8. The van der Waals surface area contributed by atoms with Gasteiger partial charge in [0.25, 0.3) is 5.24 Å². The monoisotopic (exact) mass is 232 g/mol. The Morgan fingerprint density at radius 3 is 2.80 bits per heavy atom. The van der Waals surface area contributed by atoms with Crippen LogP contribution < -0.4 is 5.32 Å². The van der Waals surface area contributed by atoms with Crippen LogP contribution in [0.1, 0.15) is 6.42 Å². The fourth-order valence-corrected chi connectivity index (χ4v) is 1.93. The van der Waals surface area contributed by atoms with Crippen molar-refractivity contribution in [2.45, 2.75) is 12.5 Å². The number of amides is 2. The van der Waals surface area contributed by atoms with Crippen LogP contribution in [0.3, 0.4) is 0 Å². The largest absolute Gasteiger partial charge is 0.481 e. The number of nitrogens with one attached hydrogen (secondary N) is 1. The molecule has 0 aromatic heterocycles. The fraction of sp³-hybridized carbons (Fsp3) is 0.625. The molecule has 1 heterocycles. The van der Waals surface area contributed by atoms with Crippen molar-refractivity contribution in [2.75, 3.05) is 19.3 Å². The van der Waals surface area contributed by atoms with Crippen molar-refractivity contribution < 1.29 is 19.5 Å². The van der Waals surface area contributed by atoms with Crippen molar-refractivity contribution in [1.82, 2.24) is 10.2 Å². The number of hydrogen-bond acceptors (Lipinski definition) is 4. The average molecular weight is 232 g/mol. The molecule has 84 valence electrons. The van der Waals surface area contributed by atoms with Gasteiger partial charge in [0.1, 0.15) is 6.04 Å². The van der Waals surface area contributed by atoms with Gasteiger partial charge in [-0.25, -0.2) is 0 Å². The Bertz CT molecular complexity index is 294. The Kier molecular flexibility index (Phi) is 3.96. The van der Waals surface area contributed by atoms with E-state index < -0.39 is 12.0 Å². The van der Waals surface area contributed by atoms with Crippen LogP contribution in [-0.2, 0) is 9.59 Å². The van der Waals surface area contributed by atoms with Gasteiger partial charge in [-0.1, -0.05) is 11.8 Å². The number of carbonyl (C=O) groups excluding carboxylic acids is 2. The molecule has 1 fully saturated rings. The number of thioether (sulfide) groups is 1. The lowest BCUT2D eigenvalue weighted by Gasteiger charge is -2.19. The summed E-state index contributed by atoms with van der Waals surface area (Å²) in [5.74, 6) is -0.774. The summed E-state index contributed by atoms with van der Waals surface area (Å²) in [6.07, 6.45) is -0.0873. The minimum atomic E-state index is -0.945. The minimum absolute atomic E-state index is 0.0873. The number of likely N-dealkylation sites (N-methyl/N-ethyl adjacent to an activating group) is 1. The Labute approximate surface area is 91.0 Å². The van der Waals surface area contributed by atoms with E-state index in [4.69, 9.17) is 5.11 Å². The zero-order valence-corrected chi connectivity index (χ0v) is 9.04. The van der Waals surface area contributed by atoms with Gasteiger partial charge in [0.15, 0.2) is 0 Å². The minimum Gasteiger partial charge on any atom is -0.481 e. The maximum atomic E-state index is 11.6. The lowest BCUT2D eigenvalue weighted by molar-refractivity contribution is -0.138. The molecule has 15 heavy (non-hydrogen) atoms. The van der Waals surface area contributed by atoms with E-state index in [0.29, 0.717) is 5.75 Å². The summed E-state index contributed by atoms with van der Waals surface area (Å²) in [6.45, 7) is 0.158. The number of rotatable bonds is 4. The first-order valence-electron chi connectivity index (χ1n) is 4.40. The van der Waals surface area contributed by atoms with Gasteiger partial charge in [-0.15, -0.1) is 0 Å². The third-order valence-electron chi connectivity index (χ3n) is 2.01. The highest BCUT2D eigenvalue weighted by Crippen LogP contribution is 2.14. The molecule has 7 heteroatoms. The summed E-state index contributed by atoms with van der Waals surface area (Å²) < 4.78 is 0. The van der Waals surface area contributed by atoms with Gasteiger partial charge in [-0.05, 0) is 0 Å². The molecule has 1 saturated heterocycles. The van der Waals surface area contributed by atoms with Crippen LogP contribution >= 0.6 is 11.8 Å². The molecular formula is C8H12N2O4S. The molecule has 1 atom stereocenters. The van der Waals surface area contributed by atoms with E-state index in [1.807, 2.05) is 0 Å². The third kappa shape index (κ3) is 3.43. The molecule has 0 aromatic carbocycles. The summed E-state index contributed by atoms with van der Waals surface area (Å²) in [7, 11) is 1.53. The van der Waals surface area contributed by atoms with E-state index in [1.54, 1.807) is 0 Å². The van der Waals surface area contributed by atoms with Crippen LogP contribution in [0.15, 0.2) is 0 Å². The van der Waals surface area contributed by atoms with E-state index in [1.165, 1.54) is 11.9 Å². The van der Waals surface area contributed by atoms with E-state index in [9.17, 15) is 14.4 Å². The first-order valence-corrected chi connectivity index (χ1v) is 5.39. The van der Waals surface area contributed by atoms with Gasteiger partial charge >= 0.3 is 5.97 Å². The summed E-state index contributed by atoms with van der Waals surface area (Å²) in [5.41, 5.74) is 0. The number of aliphatic carboxylic acids is 1. The molecule has 0 aromatic rings. The Balaban J connectivity index is 2.39. The normalized spacial score (nSPS) is 19.8. The smallest absolute Gasteiger partial charge is 0.305 e. The lowest BCUT2D eigenvalue weighted by Crippen LogP contribution is -2.44. The highest BCUT2D eigenvalue weighted by atomic mass is 32.2. The molecule has 0 bridgehead atoms. The molecular weight excluding hydrogens is 220 g/mol. The molecule has 0 spiro atoms. The van der Waals surface area contributed by atoms with Crippen LogP contribution in [0.5, 0.6) is 0 Å². The number of carboxylic acid groups (broad SMARTS) is 1. The van der Waals surface area contributed by atoms with Crippen molar-refractivity contribution in [3.05, 3.63) is 0 Å². The van der Waals surface area contributed by atoms with Gasteiger partial charge in [0.2, 0.25) is 5.91 Å². The van der Waals surface area contributed by atoms with Gasteiger partial charge in [0.05, 0.1) is 6.42 Å².